The number of aryl methyl sites for hydroxylation is 1. The number of hydrogen-bond donors (Lipinski definition) is 0. The number of nitrogens with zero attached hydrogens (tertiary/aromatic N) is 4. The van der Waals surface area contributed by atoms with E-state index >= 15 is 0 Å². The average molecular weight is 370 g/mol. The molecule has 2 aliphatic heterocycles. The zero-order valence-electron chi connectivity index (χ0n) is 15.4. The van der Waals surface area contributed by atoms with Crippen molar-refractivity contribution in [1.82, 2.24) is 14.9 Å². The maximum atomic E-state index is 13.1. The van der Waals surface area contributed by atoms with E-state index in [4.69, 9.17) is 14.7 Å². The predicted molar refractivity (Wildman–Crippen MR) is 99.5 cm³/mol. The lowest BCUT2D eigenvalue weighted by Gasteiger charge is -2.27. The van der Waals surface area contributed by atoms with Crippen LogP contribution in [0.15, 0.2) is 24.3 Å². The molecule has 0 unspecified atom stereocenters. The summed E-state index contributed by atoms with van der Waals surface area (Å²) in [5.74, 6) is 0.353. The standard InChI is InChI=1S/C20H23FN4O2/c1-14-17-6-8-24(19(26)15-2-4-16(21)5-3-15)9-7-18(17)23-20(22-14)25-10-12-27-13-11-25/h2-5H,6-13H2,1H3. The number of benzene rings is 1. The maximum Gasteiger partial charge on any atom is 0.253 e. The average Bonchev–Trinajstić information content (AvgIpc) is 2.92. The summed E-state index contributed by atoms with van der Waals surface area (Å²) >= 11 is 0. The Hall–Kier alpha value is -2.54. The zero-order valence-corrected chi connectivity index (χ0v) is 15.4. The van der Waals surface area contributed by atoms with Crippen molar-refractivity contribution >= 4 is 11.9 Å². The summed E-state index contributed by atoms with van der Waals surface area (Å²) in [6, 6.07) is 5.72. The molecule has 1 aromatic carbocycles. The Morgan fingerprint density at radius 2 is 1.74 bits per heavy atom. The second kappa shape index (κ2) is 7.60. The monoisotopic (exact) mass is 370 g/mol. The fourth-order valence-electron chi connectivity index (χ4n) is 3.65. The highest BCUT2D eigenvalue weighted by Gasteiger charge is 2.24. The molecule has 0 aliphatic carbocycles. The lowest BCUT2D eigenvalue weighted by molar-refractivity contribution is 0.0763. The lowest BCUT2D eigenvalue weighted by atomic mass is 10.1. The van der Waals surface area contributed by atoms with Crippen LogP contribution in [0.5, 0.6) is 0 Å². The predicted octanol–water partition coefficient (Wildman–Crippen LogP) is 2.00. The summed E-state index contributed by atoms with van der Waals surface area (Å²) in [7, 11) is 0. The molecule has 0 atom stereocenters. The number of ether oxygens (including phenoxy) is 1. The summed E-state index contributed by atoms with van der Waals surface area (Å²) in [6.45, 7) is 6.22. The minimum Gasteiger partial charge on any atom is -0.378 e. The van der Waals surface area contributed by atoms with Gasteiger partial charge in [0.25, 0.3) is 5.91 Å². The Bertz CT molecular complexity index is 835. The number of morpholine rings is 1. The molecule has 0 radical (unpaired) electrons. The molecule has 0 N–H and O–H groups in total. The van der Waals surface area contributed by atoms with Crippen LogP contribution in [0.1, 0.15) is 27.3 Å². The van der Waals surface area contributed by atoms with Gasteiger partial charge in [-0.3, -0.25) is 4.79 Å². The third-order valence-corrected chi connectivity index (χ3v) is 5.21. The molecule has 6 nitrogen and oxygen atoms in total. The second-order valence-corrected chi connectivity index (χ2v) is 6.93. The highest BCUT2D eigenvalue weighted by atomic mass is 19.1. The molecule has 1 fully saturated rings. The van der Waals surface area contributed by atoms with Gasteiger partial charge in [-0.05, 0) is 43.2 Å². The number of halogens is 1. The first-order valence-corrected chi connectivity index (χ1v) is 9.36. The molecular formula is C20H23FN4O2. The molecule has 1 saturated heterocycles. The van der Waals surface area contributed by atoms with E-state index in [0.717, 1.165) is 42.4 Å². The van der Waals surface area contributed by atoms with Crippen LogP contribution in [-0.4, -0.2) is 60.2 Å². The van der Waals surface area contributed by atoms with E-state index < -0.39 is 0 Å². The Balaban J connectivity index is 1.53. The number of amides is 1. The minimum absolute atomic E-state index is 0.0678. The quantitative estimate of drug-likeness (QED) is 0.809. The molecule has 3 heterocycles. The van der Waals surface area contributed by atoms with Gasteiger partial charge in [0.2, 0.25) is 5.95 Å². The first-order valence-electron chi connectivity index (χ1n) is 9.36. The molecule has 27 heavy (non-hydrogen) atoms. The van der Waals surface area contributed by atoms with E-state index in [-0.39, 0.29) is 11.7 Å². The molecule has 1 amide bonds. The number of carbonyl (C=O) groups excluding carboxylic acids is 1. The maximum absolute atomic E-state index is 13.1. The van der Waals surface area contributed by atoms with Crippen molar-refractivity contribution in [3.05, 3.63) is 52.6 Å². The normalized spacial score (nSPS) is 17.4. The molecule has 0 saturated carbocycles. The van der Waals surface area contributed by atoms with E-state index in [1.165, 1.54) is 24.3 Å². The largest absolute Gasteiger partial charge is 0.378 e. The van der Waals surface area contributed by atoms with Crippen LogP contribution in [-0.2, 0) is 17.6 Å². The van der Waals surface area contributed by atoms with Crippen molar-refractivity contribution in [1.29, 1.82) is 0 Å². The van der Waals surface area contributed by atoms with Gasteiger partial charge in [0.05, 0.1) is 18.9 Å². The SMILES string of the molecule is Cc1nc(N2CCOCC2)nc2c1CCN(C(=O)c1ccc(F)cc1)CC2. The Labute approximate surface area is 158 Å². The van der Waals surface area contributed by atoms with E-state index in [0.29, 0.717) is 38.3 Å². The third-order valence-electron chi connectivity index (χ3n) is 5.21. The third kappa shape index (κ3) is 3.78. The number of aromatic nitrogens is 2. The highest BCUT2D eigenvalue weighted by molar-refractivity contribution is 5.94. The van der Waals surface area contributed by atoms with Crippen molar-refractivity contribution in [3.63, 3.8) is 0 Å². The number of anilines is 1. The van der Waals surface area contributed by atoms with Crippen LogP contribution in [0.3, 0.4) is 0 Å². The Morgan fingerprint density at radius 3 is 2.48 bits per heavy atom. The number of rotatable bonds is 2. The fourth-order valence-corrected chi connectivity index (χ4v) is 3.65. The van der Waals surface area contributed by atoms with Crippen LogP contribution in [0, 0.1) is 12.7 Å². The molecule has 2 aromatic rings. The van der Waals surface area contributed by atoms with Crippen LogP contribution in [0.25, 0.3) is 0 Å². The van der Waals surface area contributed by atoms with Gasteiger partial charge in [0, 0.05) is 43.9 Å². The van der Waals surface area contributed by atoms with Gasteiger partial charge >= 0.3 is 0 Å². The van der Waals surface area contributed by atoms with Gasteiger partial charge in [-0.1, -0.05) is 0 Å². The van der Waals surface area contributed by atoms with E-state index in [2.05, 4.69) is 4.90 Å². The van der Waals surface area contributed by atoms with Gasteiger partial charge in [-0.2, -0.15) is 0 Å². The van der Waals surface area contributed by atoms with Gasteiger partial charge in [0.1, 0.15) is 5.82 Å². The summed E-state index contributed by atoms with van der Waals surface area (Å²) in [4.78, 5) is 26.2. The van der Waals surface area contributed by atoms with Crippen LogP contribution < -0.4 is 4.90 Å². The van der Waals surface area contributed by atoms with Crippen molar-refractivity contribution in [2.24, 2.45) is 0 Å². The first-order chi connectivity index (χ1) is 13.1. The first kappa shape index (κ1) is 17.9. The van der Waals surface area contributed by atoms with Crippen LogP contribution >= 0.6 is 0 Å². The molecule has 0 bridgehead atoms. The summed E-state index contributed by atoms with van der Waals surface area (Å²) in [5, 5.41) is 0. The van der Waals surface area contributed by atoms with Crippen molar-refractivity contribution in [2.75, 3.05) is 44.3 Å². The smallest absolute Gasteiger partial charge is 0.253 e. The highest BCUT2D eigenvalue weighted by Crippen LogP contribution is 2.22. The number of carbonyl (C=O) groups is 1. The fraction of sp³-hybridized carbons (Fsp3) is 0.450. The summed E-state index contributed by atoms with van der Waals surface area (Å²) in [6.07, 6.45) is 1.43. The summed E-state index contributed by atoms with van der Waals surface area (Å²) < 4.78 is 18.5. The van der Waals surface area contributed by atoms with Crippen LogP contribution in [0.4, 0.5) is 10.3 Å². The Kier molecular flexibility index (Phi) is 5.03. The lowest BCUT2D eigenvalue weighted by Crippen LogP contribution is -2.37. The van der Waals surface area contributed by atoms with Crippen molar-refractivity contribution in [3.8, 4) is 0 Å². The number of hydrogen-bond acceptors (Lipinski definition) is 5. The van der Waals surface area contributed by atoms with Crippen LogP contribution in [0.2, 0.25) is 0 Å². The van der Waals surface area contributed by atoms with Gasteiger partial charge in [0.15, 0.2) is 0 Å². The molecule has 0 spiro atoms. The minimum atomic E-state index is -0.337. The molecule has 7 heteroatoms. The van der Waals surface area contributed by atoms with Gasteiger partial charge < -0.3 is 14.5 Å². The topological polar surface area (TPSA) is 58.6 Å². The van der Waals surface area contributed by atoms with E-state index in [1.807, 2.05) is 11.8 Å². The molecular weight excluding hydrogens is 347 g/mol. The van der Waals surface area contributed by atoms with E-state index in [1.54, 1.807) is 0 Å². The van der Waals surface area contributed by atoms with E-state index in [9.17, 15) is 9.18 Å². The molecule has 1 aromatic heterocycles. The molecule has 2 aliphatic rings. The van der Waals surface area contributed by atoms with Gasteiger partial charge in [-0.15, -0.1) is 0 Å². The zero-order chi connectivity index (χ0) is 18.8. The van der Waals surface area contributed by atoms with Crippen molar-refractivity contribution in [2.45, 2.75) is 19.8 Å². The summed E-state index contributed by atoms with van der Waals surface area (Å²) in [5.41, 5.74) is 3.66. The van der Waals surface area contributed by atoms with Crippen molar-refractivity contribution < 1.29 is 13.9 Å². The molecule has 142 valence electrons. The Morgan fingerprint density at radius 1 is 1.04 bits per heavy atom. The second-order valence-electron chi connectivity index (χ2n) is 6.93. The van der Waals surface area contributed by atoms with Gasteiger partial charge in [-0.25, -0.2) is 14.4 Å². The molecule has 4 rings (SSSR count). The number of fused-ring (bicyclic) bond motifs is 1.